The number of nitrogens with zero attached hydrogens (tertiary/aromatic N) is 3. The van der Waals surface area contributed by atoms with Gasteiger partial charge in [-0.25, -0.2) is 4.39 Å². The Bertz CT molecular complexity index is 941. The molecule has 2 fully saturated rings. The van der Waals surface area contributed by atoms with Crippen molar-refractivity contribution in [3.8, 4) is 5.75 Å². The maximum atomic E-state index is 13.6. The maximum absolute atomic E-state index is 13.6. The summed E-state index contributed by atoms with van der Waals surface area (Å²) in [6, 6.07) is 8.31. The number of aromatic nitrogens is 1. The Kier molecular flexibility index (Phi) is 7.66. The molecule has 1 aromatic carbocycles. The highest BCUT2D eigenvalue weighted by atomic mass is 19.1. The Morgan fingerprint density at radius 3 is 2.53 bits per heavy atom. The molecule has 2 heterocycles. The van der Waals surface area contributed by atoms with Crippen molar-refractivity contribution >= 4 is 18.0 Å². The summed E-state index contributed by atoms with van der Waals surface area (Å²) in [6.45, 7) is 2.04. The van der Waals surface area contributed by atoms with Gasteiger partial charge in [0.15, 0.2) is 0 Å². The number of methoxy groups -OCH3 is 1. The molecule has 1 N–H and O–H groups in total. The number of carbonyl (C=O) groups is 2. The number of anilines is 1. The molecule has 1 aliphatic heterocycles. The topological polar surface area (TPSA) is 74.8 Å². The summed E-state index contributed by atoms with van der Waals surface area (Å²) in [7, 11) is 4.95. The third kappa shape index (κ3) is 6.18. The van der Waals surface area contributed by atoms with Crippen LogP contribution < -0.4 is 15.0 Å². The Hall–Kier alpha value is -3.16. The molecule has 1 aliphatic carbocycles. The van der Waals surface area contributed by atoms with Gasteiger partial charge < -0.3 is 19.9 Å². The van der Waals surface area contributed by atoms with Crippen LogP contribution in [0.15, 0.2) is 36.5 Å². The zero-order valence-corrected chi connectivity index (χ0v) is 18.9. The van der Waals surface area contributed by atoms with Crippen LogP contribution in [0.2, 0.25) is 0 Å². The van der Waals surface area contributed by atoms with E-state index in [0.717, 1.165) is 43.6 Å². The molecular weight excluding hydrogens is 411 g/mol. The molecule has 0 atom stereocenters. The molecule has 7 nitrogen and oxygen atoms in total. The van der Waals surface area contributed by atoms with Crippen molar-refractivity contribution in [3.05, 3.63) is 53.6 Å². The first kappa shape index (κ1) is 23.5. The van der Waals surface area contributed by atoms with E-state index in [-0.39, 0.29) is 17.3 Å². The lowest BCUT2D eigenvalue weighted by Crippen LogP contribution is -2.39. The van der Waals surface area contributed by atoms with Gasteiger partial charge in [0.25, 0.3) is 5.91 Å². The van der Waals surface area contributed by atoms with Gasteiger partial charge in [0.2, 0.25) is 6.41 Å². The molecule has 4 rings (SSSR count). The highest BCUT2D eigenvalue weighted by Crippen LogP contribution is 2.40. The minimum atomic E-state index is -0.344. The van der Waals surface area contributed by atoms with Gasteiger partial charge >= 0.3 is 0 Å². The van der Waals surface area contributed by atoms with Gasteiger partial charge in [-0.2, -0.15) is 0 Å². The standard InChI is InChI=1S/C21H24FN3O2.C3H7NO/c1-27-19-5-4-16(22)12-15(19)14-21(7-8-21)24-20(26)18-13-17(6-9-23-18)25-10-2-3-11-25;1-4(2)3-5/h4-6,9,12-13H,2-3,7-8,10-11,14H2,1H3,(H,24,26);3H,1-2H3. The van der Waals surface area contributed by atoms with Crippen LogP contribution >= 0.6 is 0 Å². The zero-order valence-electron chi connectivity index (χ0n) is 18.9. The van der Waals surface area contributed by atoms with E-state index in [1.54, 1.807) is 33.5 Å². The lowest BCUT2D eigenvalue weighted by atomic mass is 10.0. The van der Waals surface area contributed by atoms with Crippen LogP contribution in [0.4, 0.5) is 10.1 Å². The average molecular weight is 443 g/mol. The molecule has 1 saturated heterocycles. The molecule has 2 aromatic rings. The van der Waals surface area contributed by atoms with E-state index in [2.05, 4.69) is 15.2 Å². The van der Waals surface area contributed by atoms with Gasteiger partial charge in [-0.1, -0.05) is 0 Å². The molecule has 32 heavy (non-hydrogen) atoms. The number of nitrogens with one attached hydrogen (secondary N) is 1. The molecule has 0 radical (unpaired) electrons. The van der Waals surface area contributed by atoms with Crippen molar-refractivity contribution in [2.24, 2.45) is 0 Å². The minimum absolute atomic E-state index is 0.177. The first-order valence-electron chi connectivity index (χ1n) is 10.8. The number of benzene rings is 1. The number of ether oxygens (including phenoxy) is 1. The molecular formula is C24H31FN4O3. The smallest absolute Gasteiger partial charge is 0.270 e. The largest absolute Gasteiger partial charge is 0.496 e. The Morgan fingerprint density at radius 1 is 1.25 bits per heavy atom. The van der Waals surface area contributed by atoms with Crippen molar-refractivity contribution < 1.29 is 18.7 Å². The van der Waals surface area contributed by atoms with E-state index in [1.165, 1.54) is 29.9 Å². The SMILES string of the molecule is CN(C)C=O.COc1ccc(F)cc1CC1(NC(=O)c2cc(N3CCCC3)ccn2)CC1. The number of hydrogen-bond acceptors (Lipinski definition) is 5. The van der Waals surface area contributed by atoms with Gasteiger partial charge in [-0.3, -0.25) is 14.6 Å². The van der Waals surface area contributed by atoms with Gasteiger partial charge in [0.1, 0.15) is 17.3 Å². The van der Waals surface area contributed by atoms with Crippen molar-refractivity contribution in [2.45, 2.75) is 37.6 Å². The molecule has 2 aliphatic rings. The first-order valence-corrected chi connectivity index (χ1v) is 10.8. The van der Waals surface area contributed by atoms with Crippen LogP contribution in [0, 0.1) is 5.82 Å². The van der Waals surface area contributed by atoms with Crippen LogP contribution in [0.25, 0.3) is 0 Å². The second kappa shape index (κ2) is 10.4. The third-order valence-corrected chi connectivity index (χ3v) is 5.66. The van der Waals surface area contributed by atoms with Crippen molar-refractivity contribution in [3.63, 3.8) is 0 Å². The van der Waals surface area contributed by atoms with Crippen molar-refractivity contribution in [1.82, 2.24) is 15.2 Å². The van der Waals surface area contributed by atoms with Crippen LogP contribution in [0.5, 0.6) is 5.75 Å². The monoisotopic (exact) mass is 442 g/mol. The van der Waals surface area contributed by atoms with Crippen molar-refractivity contribution in [2.75, 3.05) is 39.2 Å². The Morgan fingerprint density at radius 2 is 1.94 bits per heavy atom. The quantitative estimate of drug-likeness (QED) is 0.667. The molecule has 8 heteroatoms. The summed E-state index contributed by atoms with van der Waals surface area (Å²) in [4.78, 5) is 30.2. The summed E-state index contributed by atoms with van der Waals surface area (Å²) >= 11 is 0. The van der Waals surface area contributed by atoms with E-state index in [9.17, 15) is 14.0 Å². The lowest BCUT2D eigenvalue weighted by Gasteiger charge is -2.20. The molecule has 0 spiro atoms. The number of pyridine rings is 1. The van der Waals surface area contributed by atoms with E-state index in [0.29, 0.717) is 17.9 Å². The first-order chi connectivity index (χ1) is 15.4. The summed E-state index contributed by atoms with van der Waals surface area (Å²) in [5.74, 6) is 0.169. The highest BCUT2D eigenvalue weighted by molar-refractivity contribution is 5.94. The van der Waals surface area contributed by atoms with Crippen LogP contribution in [0.3, 0.4) is 0 Å². The summed E-state index contributed by atoms with van der Waals surface area (Å²) in [5.41, 5.74) is 1.90. The van der Waals surface area contributed by atoms with E-state index >= 15 is 0 Å². The van der Waals surface area contributed by atoms with Gasteiger partial charge in [0.05, 0.1) is 7.11 Å². The van der Waals surface area contributed by atoms with Crippen LogP contribution in [-0.4, -0.2) is 62.0 Å². The number of carbonyl (C=O) groups excluding carboxylic acids is 2. The van der Waals surface area contributed by atoms with E-state index in [4.69, 9.17) is 4.74 Å². The third-order valence-electron chi connectivity index (χ3n) is 5.66. The predicted octanol–water partition coefficient (Wildman–Crippen LogP) is 3.04. The molecule has 2 amide bonds. The van der Waals surface area contributed by atoms with Gasteiger partial charge in [-0.05, 0) is 68.0 Å². The fraction of sp³-hybridized carbons (Fsp3) is 0.458. The molecule has 1 saturated carbocycles. The molecule has 1 aromatic heterocycles. The minimum Gasteiger partial charge on any atom is -0.496 e. The normalized spacial score (nSPS) is 15.9. The van der Waals surface area contributed by atoms with Gasteiger partial charge in [0, 0.05) is 44.6 Å². The summed E-state index contributed by atoms with van der Waals surface area (Å²) in [6.07, 6.45) is 7.09. The highest BCUT2D eigenvalue weighted by Gasteiger charge is 2.44. The van der Waals surface area contributed by atoms with E-state index < -0.39 is 0 Å². The molecule has 0 bridgehead atoms. The maximum Gasteiger partial charge on any atom is 0.270 e. The van der Waals surface area contributed by atoms with E-state index in [1.807, 2.05) is 12.1 Å². The predicted molar refractivity (Wildman–Crippen MR) is 122 cm³/mol. The van der Waals surface area contributed by atoms with Gasteiger partial charge in [-0.15, -0.1) is 0 Å². The fourth-order valence-corrected chi connectivity index (χ4v) is 3.77. The molecule has 0 unspecified atom stereocenters. The summed E-state index contributed by atoms with van der Waals surface area (Å²) in [5, 5.41) is 3.12. The van der Waals surface area contributed by atoms with Crippen LogP contribution in [-0.2, 0) is 11.2 Å². The molecule has 172 valence electrons. The Balaban J connectivity index is 0.000000523. The Labute approximate surface area is 188 Å². The summed E-state index contributed by atoms with van der Waals surface area (Å²) < 4.78 is 19.0. The number of halogens is 1. The fourth-order valence-electron chi connectivity index (χ4n) is 3.77. The zero-order chi connectivity index (χ0) is 23.1. The lowest BCUT2D eigenvalue weighted by molar-refractivity contribution is -0.115. The van der Waals surface area contributed by atoms with Crippen molar-refractivity contribution in [1.29, 1.82) is 0 Å². The number of hydrogen-bond donors (Lipinski definition) is 1. The number of amides is 2. The second-order valence-corrected chi connectivity index (χ2v) is 8.53. The average Bonchev–Trinajstić information content (AvgIpc) is 3.31. The number of rotatable bonds is 7. The second-order valence-electron chi connectivity index (χ2n) is 8.53. The van der Waals surface area contributed by atoms with Crippen LogP contribution in [0.1, 0.15) is 41.7 Å².